The van der Waals surface area contributed by atoms with Gasteiger partial charge in [-0.3, -0.25) is 0 Å². The maximum atomic E-state index is 9.36. The molecule has 0 aromatic heterocycles. The molecule has 134 valence electrons. The summed E-state index contributed by atoms with van der Waals surface area (Å²) in [4.78, 5) is 18.7. The summed E-state index contributed by atoms with van der Waals surface area (Å²) < 4.78 is 11.1. The molecule has 0 heterocycles. The Labute approximate surface area is 139 Å². The fourth-order valence-electron chi connectivity index (χ4n) is 2.19. The number of unbranched alkanes of at least 4 members (excludes halogenated alkanes) is 10. The van der Waals surface area contributed by atoms with Crippen LogP contribution in [0.25, 0.3) is 0 Å². The second-order valence-corrected chi connectivity index (χ2v) is 9.29. The van der Waals surface area contributed by atoms with E-state index < -0.39 is 16.1 Å². The van der Waals surface area contributed by atoms with Gasteiger partial charge in [0.25, 0.3) is 16.1 Å². The largest absolute Gasteiger partial charge is 0.344 e. The van der Waals surface area contributed by atoms with E-state index in [1.165, 1.54) is 51.4 Å². The molecule has 0 radical (unpaired) electrons. The minimum atomic E-state index is -2.10. The highest BCUT2D eigenvalue weighted by Gasteiger charge is 2.20. The summed E-state index contributed by atoms with van der Waals surface area (Å²) in [6.45, 7) is 5.58. The highest BCUT2D eigenvalue weighted by atomic mass is 32.1. The molecule has 4 nitrogen and oxygen atoms in total. The molecule has 0 saturated carbocycles. The molecule has 0 aliphatic heterocycles. The van der Waals surface area contributed by atoms with E-state index in [2.05, 4.69) is 13.8 Å². The van der Waals surface area contributed by atoms with E-state index in [1.54, 1.807) is 0 Å². The Morgan fingerprint density at radius 2 is 0.955 bits per heavy atom. The first kappa shape index (κ1) is 22.7. The van der Waals surface area contributed by atoms with E-state index in [0.29, 0.717) is 13.2 Å². The van der Waals surface area contributed by atoms with Gasteiger partial charge >= 0.3 is 0 Å². The van der Waals surface area contributed by atoms with Gasteiger partial charge in [-0.15, -0.1) is 0 Å². The fraction of sp³-hybridized carbons (Fsp3) is 1.00. The summed E-state index contributed by atoms with van der Waals surface area (Å²) in [5, 5.41) is 0. The zero-order chi connectivity index (χ0) is 16.5. The third-order valence-electron chi connectivity index (χ3n) is 3.55. The Kier molecular flexibility index (Phi) is 18.6. The third kappa shape index (κ3) is 15.6. The van der Waals surface area contributed by atoms with Crippen LogP contribution < -0.4 is 0 Å². The van der Waals surface area contributed by atoms with Crippen LogP contribution in [0.3, 0.4) is 0 Å². The van der Waals surface area contributed by atoms with Gasteiger partial charge < -0.3 is 18.8 Å². The maximum Gasteiger partial charge on any atom is 0.256 e. The smallest absolute Gasteiger partial charge is 0.256 e. The highest BCUT2D eigenvalue weighted by Crippen LogP contribution is 2.65. The predicted octanol–water partition coefficient (Wildman–Crippen LogP) is 6.26. The molecule has 0 fully saturated rings. The Hall–Kier alpha value is 0.700. The Morgan fingerprint density at radius 3 is 1.32 bits per heavy atom. The zero-order valence-electron chi connectivity index (χ0n) is 14.5. The van der Waals surface area contributed by atoms with Gasteiger partial charge in [-0.1, -0.05) is 78.1 Å². The Bertz CT molecular complexity index is 200. The molecule has 0 amide bonds. The Balaban J connectivity index is 3.49. The van der Waals surface area contributed by atoms with Crippen molar-refractivity contribution in [3.8, 4) is 0 Å². The number of hydrogen-bond acceptors (Lipinski definition) is 4. The number of rotatable bonds is 17. The van der Waals surface area contributed by atoms with Crippen molar-refractivity contribution >= 4 is 16.1 Å². The summed E-state index contributed by atoms with van der Waals surface area (Å²) >= 11 is 0. The van der Waals surface area contributed by atoms with Crippen molar-refractivity contribution in [1.82, 2.24) is 0 Å². The van der Waals surface area contributed by atoms with Crippen LogP contribution in [-0.2, 0) is 9.05 Å². The van der Waals surface area contributed by atoms with Crippen LogP contribution in [0.15, 0.2) is 0 Å². The first-order valence-electron chi connectivity index (χ1n) is 8.96. The molecule has 0 aliphatic carbocycles. The molecular formula is C16H36O4P2. The molecule has 0 unspecified atom stereocenters. The highest BCUT2D eigenvalue weighted by molar-refractivity contribution is 8.20. The van der Waals surface area contributed by atoms with E-state index in [1.807, 2.05) is 0 Å². The number of hydrogen-bond donors (Lipinski definition) is 2. The lowest BCUT2D eigenvalue weighted by Crippen LogP contribution is -1.95. The van der Waals surface area contributed by atoms with Crippen LogP contribution in [0, 0.1) is 0 Å². The van der Waals surface area contributed by atoms with Gasteiger partial charge in [0.2, 0.25) is 0 Å². The van der Waals surface area contributed by atoms with Crippen molar-refractivity contribution in [1.29, 1.82) is 0 Å². The standard InChI is InChI=1S/C16H36O4P2/c1-3-5-7-9-11-13-15-19-22(21(17)18)20-16-14-12-10-8-6-4-2/h17-18H,3-16H2,1-2H3. The van der Waals surface area contributed by atoms with Crippen LogP contribution in [0.4, 0.5) is 0 Å². The molecule has 2 N–H and O–H groups in total. The first-order chi connectivity index (χ1) is 10.7. The summed E-state index contributed by atoms with van der Waals surface area (Å²) in [5.41, 5.74) is 0. The van der Waals surface area contributed by atoms with Crippen molar-refractivity contribution in [2.45, 2.75) is 90.9 Å². The predicted molar refractivity (Wildman–Crippen MR) is 96.9 cm³/mol. The van der Waals surface area contributed by atoms with Crippen LogP contribution in [0.1, 0.15) is 90.9 Å². The van der Waals surface area contributed by atoms with Gasteiger partial charge in [-0.05, 0) is 12.8 Å². The fourth-order valence-corrected chi connectivity index (χ4v) is 4.15. The molecule has 0 saturated heterocycles. The van der Waals surface area contributed by atoms with Crippen molar-refractivity contribution < 1.29 is 18.8 Å². The Morgan fingerprint density at radius 1 is 0.591 bits per heavy atom. The monoisotopic (exact) mass is 354 g/mol. The second kappa shape index (κ2) is 18.0. The van der Waals surface area contributed by atoms with E-state index in [4.69, 9.17) is 9.05 Å². The van der Waals surface area contributed by atoms with E-state index in [9.17, 15) is 9.79 Å². The van der Waals surface area contributed by atoms with Gasteiger partial charge in [0.05, 0.1) is 13.2 Å². The minimum Gasteiger partial charge on any atom is -0.344 e. The van der Waals surface area contributed by atoms with Crippen molar-refractivity contribution in [2.75, 3.05) is 13.2 Å². The maximum absolute atomic E-state index is 9.36. The molecule has 0 aliphatic rings. The molecule has 0 aromatic rings. The lowest BCUT2D eigenvalue weighted by atomic mass is 10.1. The third-order valence-corrected chi connectivity index (χ3v) is 6.21. The summed E-state index contributed by atoms with van der Waals surface area (Å²) in [6, 6.07) is 0. The average Bonchev–Trinajstić information content (AvgIpc) is 2.50. The van der Waals surface area contributed by atoms with E-state index in [0.717, 1.165) is 25.7 Å². The topological polar surface area (TPSA) is 58.9 Å². The normalized spacial score (nSPS) is 11.7. The molecule has 0 rings (SSSR count). The quantitative estimate of drug-likeness (QED) is 0.239. The van der Waals surface area contributed by atoms with E-state index >= 15 is 0 Å². The minimum absolute atomic E-state index is 0.578. The van der Waals surface area contributed by atoms with Crippen molar-refractivity contribution in [3.05, 3.63) is 0 Å². The van der Waals surface area contributed by atoms with Crippen molar-refractivity contribution in [2.24, 2.45) is 0 Å². The lowest BCUT2D eigenvalue weighted by Gasteiger charge is -2.17. The molecule has 0 bridgehead atoms. The summed E-state index contributed by atoms with van der Waals surface area (Å²) in [5.74, 6) is 0. The van der Waals surface area contributed by atoms with Crippen LogP contribution >= 0.6 is 16.1 Å². The van der Waals surface area contributed by atoms with Crippen molar-refractivity contribution in [3.63, 3.8) is 0 Å². The van der Waals surface area contributed by atoms with Gasteiger partial charge in [-0.25, -0.2) is 0 Å². The molecule has 0 atom stereocenters. The molecule has 22 heavy (non-hydrogen) atoms. The van der Waals surface area contributed by atoms with Crippen LogP contribution in [-0.4, -0.2) is 23.0 Å². The lowest BCUT2D eigenvalue weighted by molar-refractivity contribution is 0.246. The zero-order valence-corrected chi connectivity index (χ0v) is 16.3. The molecule has 0 aromatic carbocycles. The van der Waals surface area contributed by atoms with E-state index in [-0.39, 0.29) is 0 Å². The average molecular weight is 354 g/mol. The first-order valence-corrected chi connectivity index (χ1v) is 12.1. The molecular weight excluding hydrogens is 318 g/mol. The SMILES string of the molecule is CCCCCCCCOP(OCCCCCCCC)P(O)O. The van der Waals surface area contributed by atoms with Gasteiger partial charge in [0.1, 0.15) is 0 Å². The van der Waals surface area contributed by atoms with Crippen LogP contribution in [0.5, 0.6) is 0 Å². The molecule has 0 spiro atoms. The van der Waals surface area contributed by atoms with Gasteiger partial charge in [0.15, 0.2) is 0 Å². The summed E-state index contributed by atoms with van der Waals surface area (Å²) in [6.07, 6.45) is 14.4. The summed E-state index contributed by atoms with van der Waals surface area (Å²) in [7, 11) is -3.60. The van der Waals surface area contributed by atoms with Gasteiger partial charge in [0, 0.05) is 0 Å². The van der Waals surface area contributed by atoms with Crippen LogP contribution in [0.2, 0.25) is 0 Å². The van der Waals surface area contributed by atoms with Gasteiger partial charge in [-0.2, -0.15) is 0 Å². The molecule has 6 heteroatoms. The second-order valence-electron chi connectivity index (χ2n) is 5.71.